The van der Waals surface area contributed by atoms with Crippen molar-refractivity contribution in [1.29, 1.82) is 0 Å². The lowest BCUT2D eigenvalue weighted by molar-refractivity contribution is -0.136. The summed E-state index contributed by atoms with van der Waals surface area (Å²) in [7, 11) is 1.43. The zero-order valence-corrected chi connectivity index (χ0v) is 12.3. The van der Waals surface area contributed by atoms with Gasteiger partial charge in [0.2, 0.25) is 0 Å². The zero-order valence-electron chi connectivity index (χ0n) is 12.3. The Kier molecular flexibility index (Phi) is 3.59. The van der Waals surface area contributed by atoms with Gasteiger partial charge in [-0.25, -0.2) is 9.78 Å². The van der Waals surface area contributed by atoms with Crippen LogP contribution in [0.1, 0.15) is 44.0 Å². The summed E-state index contributed by atoms with van der Waals surface area (Å²) < 4.78 is 2.61. The van der Waals surface area contributed by atoms with Crippen molar-refractivity contribution < 1.29 is 9.90 Å². The number of carbonyl (C=O) groups is 1. The second kappa shape index (κ2) is 5.43. The van der Waals surface area contributed by atoms with Crippen LogP contribution in [0.15, 0.2) is 9.59 Å². The molecule has 0 atom stereocenters. The van der Waals surface area contributed by atoms with Crippen LogP contribution in [0.4, 0.5) is 0 Å². The number of rotatable bonds is 3. The molecule has 0 amide bonds. The lowest BCUT2D eigenvalue weighted by Crippen LogP contribution is -2.40. The van der Waals surface area contributed by atoms with E-state index in [1.54, 1.807) is 4.57 Å². The van der Waals surface area contributed by atoms with Gasteiger partial charge in [-0.2, -0.15) is 0 Å². The van der Waals surface area contributed by atoms with Crippen LogP contribution in [0.3, 0.4) is 0 Å². The number of imidazole rings is 1. The number of carboxylic acid groups (broad SMARTS) is 1. The van der Waals surface area contributed by atoms with E-state index in [1.165, 1.54) is 7.05 Å². The molecule has 0 aromatic carbocycles. The summed E-state index contributed by atoms with van der Waals surface area (Å²) >= 11 is 0. The summed E-state index contributed by atoms with van der Waals surface area (Å²) in [6.07, 6.45) is 4.64. The largest absolute Gasteiger partial charge is 0.481 e. The highest BCUT2D eigenvalue weighted by Gasteiger charge is 2.23. The highest BCUT2D eigenvalue weighted by Crippen LogP contribution is 2.28. The van der Waals surface area contributed by atoms with Gasteiger partial charge in [-0.05, 0) is 12.8 Å². The zero-order chi connectivity index (χ0) is 15.9. The molecule has 2 heterocycles. The molecule has 2 aromatic rings. The summed E-state index contributed by atoms with van der Waals surface area (Å²) in [5.74, 6) is -0.850. The molecule has 0 bridgehead atoms. The Morgan fingerprint density at radius 2 is 2.00 bits per heavy atom. The van der Waals surface area contributed by atoms with Crippen molar-refractivity contribution in [2.75, 3.05) is 0 Å². The first-order chi connectivity index (χ1) is 10.5. The highest BCUT2D eigenvalue weighted by molar-refractivity contribution is 5.74. The van der Waals surface area contributed by atoms with Crippen molar-refractivity contribution in [2.24, 2.45) is 7.05 Å². The molecule has 0 spiro atoms. The van der Waals surface area contributed by atoms with Gasteiger partial charge in [-0.3, -0.25) is 18.7 Å². The number of hydrogen-bond donors (Lipinski definition) is 2. The van der Waals surface area contributed by atoms with Crippen LogP contribution in [0, 0.1) is 0 Å². The second-order valence-electron chi connectivity index (χ2n) is 5.76. The van der Waals surface area contributed by atoms with Crippen molar-refractivity contribution >= 4 is 17.1 Å². The first kappa shape index (κ1) is 14.6. The second-order valence-corrected chi connectivity index (χ2v) is 5.76. The molecule has 1 aliphatic rings. The van der Waals surface area contributed by atoms with Crippen molar-refractivity contribution in [3.05, 3.63) is 26.7 Å². The molecular formula is C14H18N4O4. The SMILES string of the molecule is Cn1c(=O)c2[nH]c(CC(=O)O)nc2n(C2CCCCC2)c1=O. The number of nitrogens with zero attached hydrogens (tertiary/aromatic N) is 3. The molecule has 2 N–H and O–H groups in total. The van der Waals surface area contributed by atoms with Crippen molar-refractivity contribution in [1.82, 2.24) is 19.1 Å². The monoisotopic (exact) mass is 306 g/mol. The summed E-state index contributed by atoms with van der Waals surface area (Å²) in [6, 6.07) is 0.0107. The smallest absolute Gasteiger partial charge is 0.332 e. The van der Waals surface area contributed by atoms with Crippen LogP contribution < -0.4 is 11.2 Å². The van der Waals surface area contributed by atoms with Crippen LogP contribution in [0.25, 0.3) is 11.2 Å². The van der Waals surface area contributed by atoms with Gasteiger partial charge in [0.15, 0.2) is 5.65 Å². The summed E-state index contributed by atoms with van der Waals surface area (Å²) in [4.78, 5) is 42.5. The molecule has 22 heavy (non-hydrogen) atoms. The third-order valence-corrected chi connectivity index (χ3v) is 4.23. The minimum Gasteiger partial charge on any atom is -0.481 e. The van der Waals surface area contributed by atoms with Gasteiger partial charge in [-0.1, -0.05) is 19.3 Å². The third-order valence-electron chi connectivity index (χ3n) is 4.23. The van der Waals surface area contributed by atoms with Crippen LogP contribution in [0.2, 0.25) is 0 Å². The van der Waals surface area contributed by atoms with E-state index in [-0.39, 0.29) is 29.5 Å². The quantitative estimate of drug-likeness (QED) is 0.860. The van der Waals surface area contributed by atoms with Crippen LogP contribution in [-0.4, -0.2) is 30.2 Å². The average Bonchev–Trinajstić information content (AvgIpc) is 2.89. The van der Waals surface area contributed by atoms with E-state index in [4.69, 9.17) is 5.11 Å². The summed E-state index contributed by atoms with van der Waals surface area (Å²) in [6.45, 7) is 0. The molecule has 0 unspecified atom stereocenters. The minimum atomic E-state index is -1.04. The van der Waals surface area contributed by atoms with Crippen molar-refractivity contribution in [3.63, 3.8) is 0 Å². The molecule has 1 aliphatic carbocycles. The molecule has 1 saturated carbocycles. The molecule has 8 heteroatoms. The number of carboxylic acids is 1. The molecule has 0 saturated heterocycles. The van der Waals surface area contributed by atoms with Gasteiger partial charge in [0.05, 0.1) is 0 Å². The van der Waals surface area contributed by atoms with Crippen LogP contribution in [0.5, 0.6) is 0 Å². The lowest BCUT2D eigenvalue weighted by atomic mass is 9.95. The first-order valence-corrected chi connectivity index (χ1v) is 7.41. The predicted octanol–water partition coefficient (Wildman–Crippen LogP) is 0.556. The number of aromatic amines is 1. The fourth-order valence-corrected chi connectivity index (χ4v) is 3.14. The number of aromatic nitrogens is 4. The number of nitrogens with one attached hydrogen (secondary N) is 1. The molecule has 2 aromatic heterocycles. The molecule has 0 radical (unpaired) electrons. The Balaban J connectivity index is 2.24. The third kappa shape index (κ3) is 2.34. The van der Waals surface area contributed by atoms with E-state index in [0.717, 1.165) is 36.7 Å². The van der Waals surface area contributed by atoms with Crippen LogP contribution >= 0.6 is 0 Å². The fourth-order valence-electron chi connectivity index (χ4n) is 3.14. The van der Waals surface area contributed by atoms with Gasteiger partial charge in [0.1, 0.15) is 17.8 Å². The Hall–Kier alpha value is -2.38. The number of aliphatic carboxylic acids is 1. The van der Waals surface area contributed by atoms with Crippen molar-refractivity contribution in [3.8, 4) is 0 Å². The molecule has 118 valence electrons. The van der Waals surface area contributed by atoms with Gasteiger partial charge in [0, 0.05) is 13.1 Å². The van der Waals surface area contributed by atoms with Gasteiger partial charge in [0.25, 0.3) is 5.56 Å². The fraction of sp³-hybridized carbons (Fsp3) is 0.571. The molecule has 1 fully saturated rings. The van der Waals surface area contributed by atoms with Crippen molar-refractivity contribution in [2.45, 2.75) is 44.6 Å². The Morgan fingerprint density at radius 3 is 2.64 bits per heavy atom. The standard InChI is InChI=1S/C14H18N4O4/c1-17-13(21)11-12(16-9(15-11)7-10(19)20)18(14(17)22)8-5-3-2-4-6-8/h8H,2-7H2,1H3,(H,15,16)(H,19,20). The minimum absolute atomic E-state index is 0.0107. The van der Waals surface area contributed by atoms with E-state index < -0.39 is 17.2 Å². The van der Waals surface area contributed by atoms with E-state index in [9.17, 15) is 14.4 Å². The maximum Gasteiger partial charge on any atom is 0.332 e. The van der Waals surface area contributed by atoms with E-state index in [2.05, 4.69) is 9.97 Å². The Morgan fingerprint density at radius 1 is 1.32 bits per heavy atom. The maximum atomic E-state index is 12.5. The van der Waals surface area contributed by atoms with Gasteiger partial charge < -0.3 is 10.1 Å². The Labute approximate surface area is 125 Å². The molecule has 0 aliphatic heterocycles. The van der Waals surface area contributed by atoms with E-state index in [1.807, 2.05) is 0 Å². The lowest BCUT2D eigenvalue weighted by Gasteiger charge is -2.24. The number of fused-ring (bicyclic) bond motifs is 1. The molecule has 8 nitrogen and oxygen atoms in total. The highest BCUT2D eigenvalue weighted by atomic mass is 16.4. The maximum absolute atomic E-state index is 12.5. The van der Waals surface area contributed by atoms with E-state index in [0.29, 0.717) is 0 Å². The summed E-state index contributed by atoms with van der Waals surface area (Å²) in [5, 5.41) is 8.88. The molecule has 3 rings (SSSR count). The normalized spacial score (nSPS) is 16.2. The van der Waals surface area contributed by atoms with Gasteiger partial charge >= 0.3 is 11.7 Å². The first-order valence-electron chi connectivity index (χ1n) is 7.41. The van der Waals surface area contributed by atoms with Crippen LogP contribution in [-0.2, 0) is 18.3 Å². The van der Waals surface area contributed by atoms with Gasteiger partial charge in [-0.15, -0.1) is 0 Å². The van der Waals surface area contributed by atoms with E-state index >= 15 is 0 Å². The summed E-state index contributed by atoms with van der Waals surface area (Å²) in [5.41, 5.74) is -0.394. The predicted molar refractivity (Wildman–Crippen MR) is 79.1 cm³/mol. The Bertz CT molecular complexity index is 839. The average molecular weight is 306 g/mol. The number of H-pyrrole nitrogens is 1. The molecular weight excluding hydrogens is 288 g/mol. The number of hydrogen-bond acceptors (Lipinski definition) is 4. The topological polar surface area (TPSA) is 110 Å².